The minimum absolute atomic E-state index is 0.151. The van der Waals surface area contributed by atoms with Crippen molar-refractivity contribution in [2.45, 2.75) is 10.8 Å². The fourth-order valence-corrected chi connectivity index (χ4v) is 2.87. The molecule has 5 nitrogen and oxygen atoms in total. The van der Waals surface area contributed by atoms with Gasteiger partial charge >= 0.3 is 0 Å². The van der Waals surface area contributed by atoms with Crippen LogP contribution in [0.5, 0.6) is 0 Å². The van der Waals surface area contributed by atoms with Crippen LogP contribution in [0.1, 0.15) is 0 Å². The van der Waals surface area contributed by atoms with E-state index >= 15 is 0 Å². The summed E-state index contributed by atoms with van der Waals surface area (Å²) in [5.74, 6) is -3.55. The third-order valence-electron chi connectivity index (χ3n) is 2.02. The molecule has 0 radical (unpaired) electrons. The van der Waals surface area contributed by atoms with Crippen LogP contribution in [0.15, 0.2) is 23.1 Å². The minimum Gasteiger partial charge on any atom is -0.398 e. The number of nitrogen functional groups attached to an aromatic ring is 1. The molecule has 0 bridgehead atoms. The lowest BCUT2D eigenvalue weighted by Gasteiger charge is -2.15. The number of sulfonamides is 1. The Kier molecular flexibility index (Phi) is 4.49. The zero-order valence-electron chi connectivity index (χ0n) is 9.03. The Hall–Kier alpha value is -0.960. The van der Waals surface area contributed by atoms with Crippen molar-refractivity contribution in [2.24, 2.45) is 0 Å². The van der Waals surface area contributed by atoms with E-state index in [0.717, 1.165) is 0 Å². The number of nitrogens with two attached hydrogens (primary N) is 1. The van der Waals surface area contributed by atoms with Crippen LogP contribution in [0.3, 0.4) is 0 Å². The molecular weight excluding hydrogens is 290 g/mol. The topological polar surface area (TPSA) is 92.4 Å². The van der Waals surface area contributed by atoms with Gasteiger partial charge in [-0.25, -0.2) is 21.9 Å². The molecule has 0 spiro atoms. The first-order valence-corrected chi connectivity index (χ1v) is 6.58. The number of rotatable bonds is 5. The molecule has 0 saturated heterocycles. The SMILES string of the molecule is Nc1cccc(Cl)c1S(=O)(=O)NCC(F)(F)CO. The molecule has 9 heteroatoms. The lowest BCUT2D eigenvalue weighted by molar-refractivity contribution is -0.0437. The second-order valence-electron chi connectivity index (χ2n) is 3.50. The monoisotopic (exact) mass is 300 g/mol. The fourth-order valence-electron chi connectivity index (χ4n) is 1.14. The molecule has 0 atom stereocenters. The van der Waals surface area contributed by atoms with E-state index in [0.29, 0.717) is 0 Å². The largest absolute Gasteiger partial charge is 0.398 e. The summed E-state index contributed by atoms with van der Waals surface area (Å²) in [5.41, 5.74) is 5.29. The van der Waals surface area contributed by atoms with E-state index in [-0.39, 0.29) is 10.7 Å². The van der Waals surface area contributed by atoms with Crippen LogP contribution in [-0.2, 0) is 10.0 Å². The number of anilines is 1. The summed E-state index contributed by atoms with van der Waals surface area (Å²) >= 11 is 5.66. The third-order valence-corrected chi connectivity index (χ3v) is 3.96. The molecular formula is C9H11ClF2N2O3S. The molecule has 0 aromatic heterocycles. The molecule has 0 unspecified atom stereocenters. The smallest absolute Gasteiger partial charge is 0.283 e. The van der Waals surface area contributed by atoms with Crippen LogP contribution in [0.2, 0.25) is 5.02 Å². The summed E-state index contributed by atoms with van der Waals surface area (Å²) in [4.78, 5) is -0.458. The Morgan fingerprint density at radius 2 is 2.06 bits per heavy atom. The molecule has 0 aliphatic carbocycles. The zero-order valence-corrected chi connectivity index (χ0v) is 10.6. The lowest BCUT2D eigenvalue weighted by Crippen LogP contribution is -2.39. The van der Waals surface area contributed by atoms with E-state index in [1.54, 1.807) is 4.72 Å². The molecule has 1 aromatic rings. The summed E-state index contributed by atoms with van der Waals surface area (Å²) in [6.07, 6.45) is 0. The maximum absolute atomic E-state index is 12.8. The molecule has 4 N–H and O–H groups in total. The van der Waals surface area contributed by atoms with Gasteiger partial charge in [-0.1, -0.05) is 17.7 Å². The lowest BCUT2D eigenvalue weighted by atomic mass is 10.3. The van der Waals surface area contributed by atoms with Crippen molar-refractivity contribution in [3.63, 3.8) is 0 Å². The van der Waals surface area contributed by atoms with Crippen molar-refractivity contribution in [2.75, 3.05) is 18.9 Å². The van der Waals surface area contributed by atoms with Gasteiger partial charge in [0.2, 0.25) is 10.0 Å². The second kappa shape index (κ2) is 5.35. The first-order chi connectivity index (χ1) is 8.19. The van der Waals surface area contributed by atoms with Gasteiger partial charge < -0.3 is 10.8 Å². The van der Waals surface area contributed by atoms with Crippen molar-refractivity contribution in [1.82, 2.24) is 4.72 Å². The van der Waals surface area contributed by atoms with Gasteiger partial charge in [-0.05, 0) is 12.1 Å². The zero-order chi connectivity index (χ0) is 14.0. The van der Waals surface area contributed by atoms with Crippen molar-refractivity contribution in [3.05, 3.63) is 23.2 Å². The summed E-state index contributed by atoms with van der Waals surface area (Å²) in [6.45, 7) is -2.70. The summed E-state index contributed by atoms with van der Waals surface area (Å²) in [6, 6.07) is 3.99. The van der Waals surface area contributed by atoms with Crippen LogP contribution < -0.4 is 10.5 Å². The maximum Gasteiger partial charge on any atom is 0.283 e. The summed E-state index contributed by atoms with van der Waals surface area (Å²) in [7, 11) is -4.26. The van der Waals surface area contributed by atoms with Crippen molar-refractivity contribution in [3.8, 4) is 0 Å². The predicted octanol–water partition coefficient (Wildman–Crippen LogP) is 0.828. The fraction of sp³-hybridized carbons (Fsp3) is 0.333. The quantitative estimate of drug-likeness (QED) is 0.702. The van der Waals surface area contributed by atoms with Crippen LogP contribution in [0.25, 0.3) is 0 Å². The first-order valence-electron chi connectivity index (χ1n) is 4.72. The van der Waals surface area contributed by atoms with Gasteiger partial charge in [0.15, 0.2) is 0 Å². The van der Waals surface area contributed by atoms with E-state index in [2.05, 4.69) is 0 Å². The Labute approximate surface area is 108 Å². The normalized spacial score (nSPS) is 12.7. The molecule has 1 rings (SSSR count). The molecule has 0 amide bonds. The summed E-state index contributed by atoms with van der Waals surface area (Å²) in [5, 5.41) is 8.16. The highest BCUT2D eigenvalue weighted by Gasteiger charge is 2.31. The van der Waals surface area contributed by atoms with Crippen LogP contribution >= 0.6 is 11.6 Å². The van der Waals surface area contributed by atoms with Crippen LogP contribution in [0.4, 0.5) is 14.5 Å². The van der Waals surface area contributed by atoms with E-state index in [4.69, 9.17) is 22.4 Å². The van der Waals surface area contributed by atoms with Gasteiger partial charge in [-0.3, -0.25) is 0 Å². The van der Waals surface area contributed by atoms with Gasteiger partial charge in [-0.15, -0.1) is 0 Å². The Bertz CT molecular complexity index is 516. The number of benzene rings is 1. The minimum atomic E-state index is -4.26. The van der Waals surface area contributed by atoms with Crippen LogP contribution in [0, 0.1) is 0 Å². The highest BCUT2D eigenvalue weighted by Crippen LogP contribution is 2.27. The molecule has 18 heavy (non-hydrogen) atoms. The van der Waals surface area contributed by atoms with E-state index in [1.807, 2.05) is 0 Å². The van der Waals surface area contributed by atoms with Gasteiger partial charge in [0.05, 0.1) is 17.3 Å². The Balaban J connectivity index is 3.01. The molecule has 0 aliphatic rings. The molecule has 1 aromatic carbocycles. The number of nitrogens with one attached hydrogen (secondary N) is 1. The van der Waals surface area contributed by atoms with Gasteiger partial charge in [0.1, 0.15) is 11.5 Å². The van der Waals surface area contributed by atoms with Crippen LogP contribution in [-0.4, -0.2) is 32.6 Å². The number of aliphatic hydroxyl groups is 1. The highest BCUT2D eigenvalue weighted by molar-refractivity contribution is 7.89. The Morgan fingerprint density at radius 1 is 1.44 bits per heavy atom. The molecule has 0 aliphatic heterocycles. The van der Waals surface area contributed by atoms with E-state index in [1.165, 1.54) is 18.2 Å². The molecule has 102 valence electrons. The maximum atomic E-state index is 12.8. The Morgan fingerprint density at radius 3 is 2.56 bits per heavy atom. The number of hydrogen-bond acceptors (Lipinski definition) is 4. The average Bonchev–Trinajstić information content (AvgIpc) is 2.26. The van der Waals surface area contributed by atoms with Gasteiger partial charge in [-0.2, -0.15) is 0 Å². The highest BCUT2D eigenvalue weighted by atomic mass is 35.5. The van der Waals surface area contributed by atoms with E-state index in [9.17, 15) is 17.2 Å². The average molecular weight is 301 g/mol. The molecule has 0 fully saturated rings. The van der Waals surface area contributed by atoms with Crippen molar-refractivity contribution in [1.29, 1.82) is 0 Å². The molecule has 0 saturated carbocycles. The first kappa shape index (κ1) is 15.1. The summed E-state index contributed by atoms with van der Waals surface area (Å²) < 4.78 is 50.7. The number of alkyl halides is 2. The number of aliphatic hydroxyl groups excluding tert-OH is 1. The number of halogens is 3. The van der Waals surface area contributed by atoms with Gasteiger partial charge in [0, 0.05) is 0 Å². The van der Waals surface area contributed by atoms with Gasteiger partial charge in [0.25, 0.3) is 5.92 Å². The van der Waals surface area contributed by atoms with E-state index < -0.39 is 34.0 Å². The standard InChI is InChI=1S/C9H11ClF2N2O3S/c10-6-2-1-3-7(13)8(6)18(16,17)14-4-9(11,12)5-15/h1-3,14-15H,4-5,13H2. The van der Waals surface area contributed by atoms with Crippen molar-refractivity contribution < 1.29 is 22.3 Å². The second-order valence-corrected chi connectivity index (χ2v) is 5.61. The molecule has 0 heterocycles. The predicted molar refractivity (Wildman–Crippen MR) is 63.1 cm³/mol. The third kappa shape index (κ3) is 3.52. The number of hydrogen-bond donors (Lipinski definition) is 3. The van der Waals surface area contributed by atoms with Crippen molar-refractivity contribution >= 4 is 27.3 Å².